The van der Waals surface area contributed by atoms with E-state index in [0.717, 1.165) is 46.9 Å². The lowest BCUT2D eigenvalue weighted by molar-refractivity contribution is -0.139. The van der Waals surface area contributed by atoms with Crippen molar-refractivity contribution >= 4 is 22.5 Å². The second-order valence-electron chi connectivity index (χ2n) is 8.48. The Hall–Kier alpha value is -3.35. The van der Waals surface area contributed by atoms with E-state index in [4.69, 9.17) is 0 Å². The van der Waals surface area contributed by atoms with Crippen LogP contribution in [0.5, 0.6) is 0 Å². The zero-order chi connectivity index (χ0) is 21.5. The van der Waals surface area contributed by atoms with Crippen molar-refractivity contribution in [2.45, 2.75) is 46.2 Å². The smallest absolute Gasteiger partial charge is 0.226 e. The van der Waals surface area contributed by atoms with E-state index in [1.165, 1.54) is 17.7 Å². The third kappa shape index (κ3) is 3.54. The van der Waals surface area contributed by atoms with E-state index in [0.29, 0.717) is 18.7 Å². The van der Waals surface area contributed by atoms with Crippen molar-refractivity contribution in [3.8, 4) is 0 Å². The van der Waals surface area contributed by atoms with E-state index < -0.39 is 0 Å². The summed E-state index contributed by atoms with van der Waals surface area (Å²) < 4.78 is 15.1. The highest BCUT2D eigenvalue weighted by atomic mass is 19.1. The third-order valence-corrected chi connectivity index (χ3v) is 6.45. The molecule has 2 aromatic carbocycles. The molecule has 1 saturated carbocycles. The lowest BCUT2D eigenvalue weighted by atomic mass is 9.84. The zero-order valence-electron chi connectivity index (χ0n) is 17.7. The number of nitrogens with zero attached hydrogens (tertiary/aromatic N) is 5. The predicted molar refractivity (Wildman–Crippen MR) is 116 cm³/mol. The number of aryl methyl sites for hydroxylation is 2. The van der Waals surface area contributed by atoms with E-state index in [1.54, 1.807) is 16.6 Å². The van der Waals surface area contributed by atoms with Gasteiger partial charge in [-0.1, -0.05) is 30.7 Å². The first-order chi connectivity index (χ1) is 15.0. The number of amides is 1. The number of rotatable bonds is 5. The van der Waals surface area contributed by atoms with Crippen LogP contribution in [0.4, 0.5) is 4.39 Å². The third-order valence-electron chi connectivity index (χ3n) is 6.45. The Morgan fingerprint density at radius 1 is 1.13 bits per heavy atom. The second-order valence-corrected chi connectivity index (χ2v) is 8.48. The van der Waals surface area contributed by atoms with Crippen molar-refractivity contribution in [1.82, 2.24) is 24.9 Å². The normalized spacial score (nSPS) is 14.2. The number of pyridine rings is 1. The molecule has 2 aromatic heterocycles. The van der Waals surface area contributed by atoms with Gasteiger partial charge in [0.2, 0.25) is 5.91 Å². The molecule has 0 spiro atoms. The molecule has 1 aliphatic rings. The van der Waals surface area contributed by atoms with Crippen LogP contribution >= 0.6 is 0 Å². The Bertz CT molecular complexity index is 1280. The Labute approximate surface area is 179 Å². The predicted octanol–water partition coefficient (Wildman–Crippen LogP) is 4.36. The first-order valence-electron chi connectivity index (χ1n) is 10.6. The van der Waals surface area contributed by atoms with Gasteiger partial charge < -0.3 is 4.90 Å². The number of hydrogen-bond acceptors (Lipinski definition) is 4. The van der Waals surface area contributed by atoms with Crippen LogP contribution in [-0.2, 0) is 17.9 Å². The highest BCUT2D eigenvalue weighted by Crippen LogP contribution is 2.31. The number of tetrazole rings is 1. The van der Waals surface area contributed by atoms with Crippen LogP contribution < -0.4 is 0 Å². The molecule has 2 heterocycles. The molecule has 4 aromatic rings. The minimum Gasteiger partial charge on any atom is -0.334 e. The molecular formula is C24H24FN5O. The summed E-state index contributed by atoms with van der Waals surface area (Å²) in [6.07, 6.45) is 2.95. The monoisotopic (exact) mass is 417 g/mol. The van der Waals surface area contributed by atoms with E-state index >= 15 is 0 Å². The number of carbonyl (C=O) groups excluding carboxylic acids is 1. The fourth-order valence-corrected chi connectivity index (χ4v) is 4.27. The summed E-state index contributed by atoms with van der Waals surface area (Å²) in [7, 11) is 0. The highest BCUT2D eigenvalue weighted by Gasteiger charge is 2.30. The minimum absolute atomic E-state index is 0.0674. The first-order valence-corrected chi connectivity index (χ1v) is 10.6. The Morgan fingerprint density at radius 3 is 2.61 bits per heavy atom. The lowest BCUT2D eigenvalue weighted by Gasteiger charge is -2.32. The lowest BCUT2D eigenvalue weighted by Crippen LogP contribution is -2.38. The van der Waals surface area contributed by atoms with Crippen LogP contribution in [-0.4, -0.2) is 30.8 Å². The molecule has 1 fully saturated rings. The molecule has 0 unspecified atom stereocenters. The molecule has 0 radical (unpaired) electrons. The van der Waals surface area contributed by atoms with Crippen LogP contribution in [0.1, 0.15) is 41.5 Å². The zero-order valence-corrected chi connectivity index (χ0v) is 17.7. The first kappa shape index (κ1) is 19.6. The fourth-order valence-electron chi connectivity index (χ4n) is 4.27. The van der Waals surface area contributed by atoms with E-state index in [2.05, 4.69) is 47.6 Å². The number of fused-ring (bicyclic) bond motifs is 3. The number of aromatic nitrogens is 4. The SMILES string of the molecule is Cc1ccc2cc(CN(Cc3ccc(F)cc3)C(=O)C3CCC3)c3nnnn3c2c1C. The molecule has 31 heavy (non-hydrogen) atoms. The van der Waals surface area contributed by atoms with Gasteiger partial charge in [-0.25, -0.2) is 4.39 Å². The quantitative estimate of drug-likeness (QED) is 0.484. The molecule has 1 aliphatic carbocycles. The summed E-state index contributed by atoms with van der Waals surface area (Å²) in [6.45, 7) is 4.97. The Kier molecular flexibility index (Phi) is 4.88. The summed E-state index contributed by atoms with van der Waals surface area (Å²) >= 11 is 0. The molecule has 0 atom stereocenters. The molecule has 5 rings (SSSR count). The van der Waals surface area contributed by atoms with Gasteiger partial charge in [0.25, 0.3) is 0 Å². The summed E-state index contributed by atoms with van der Waals surface area (Å²) in [5.74, 6) is -0.0729. The summed E-state index contributed by atoms with van der Waals surface area (Å²) in [4.78, 5) is 15.1. The van der Waals surface area contributed by atoms with Gasteiger partial charge in [0.05, 0.1) is 5.52 Å². The van der Waals surface area contributed by atoms with Gasteiger partial charge in [0.1, 0.15) is 5.82 Å². The molecule has 7 heteroatoms. The molecule has 0 saturated heterocycles. The molecule has 1 amide bonds. The van der Waals surface area contributed by atoms with Crippen molar-refractivity contribution in [1.29, 1.82) is 0 Å². The maximum Gasteiger partial charge on any atom is 0.226 e. The van der Waals surface area contributed by atoms with Crippen molar-refractivity contribution < 1.29 is 9.18 Å². The van der Waals surface area contributed by atoms with Crippen LogP contribution in [0.15, 0.2) is 42.5 Å². The molecule has 158 valence electrons. The van der Waals surface area contributed by atoms with Crippen molar-refractivity contribution in [2.75, 3.05) is 0 Å². The Morgan fingerprint density at radius 2 is 1.90 bits per heavy atom. The number of benzene rings is 2. The maximum absolute atomic E-state index is 13.4. The highest BCUT2D eigenvalue weighted by molar-refractivity contribution is 5.87. The Balaban J connectivity index is 1.56. The van der Waals surface area contributed by atoms with Gasteiger partial charge in [0.15, 0.2) is 5.65 Å². The van der Waals surface area contributed by atoms with Crippen LogP contribution in [0, 0.1) is 25.6 Å². The molecule has 0 aliphatic heterocycles. The standard InChI is InChI=1S/C24H24FN5O/c1-15-6-9-19-12-20(23-26-27-28-30(23)22(19)16(15)2)14-29(24(31)18-4-3-5-18)13-17-7-10-21(25)11-8-17/h6-12,18H,3-5,13-14H2,1-2H3. The van der Waals surface area contributed by atoms with E-state index in [-0.39, 0.29) is 17.6 Å². The topological polar surface area (TPSA) is 63.4 Å². The summed E-state index contributed by atoms with van der Waals surface area (Å²) in [6, 6.07) is 12.6. The summed E-state index contributed by atoms with van der Waals surface area (Å²) in [5.41, 5.74) is 5.75. The van der Waals surface area contributed by atoms with Gasteiger partial charge in [0, 0.05) is 30.0 Å². The average molecular weight is 417 g/mol. The maximum atomic E-state index is 13.4. The van der Waals surface area contributed by atoms with Gasteiger partial charge in [-0.2, -0.15) is 4.52 Å². The van der Waals surface area contributed by atoms with Gasteiger partial charge in [-0.3, -0.25) is 4.79 Å². The molecule has 6 nitrogen and oxygen atoms in total. The minimum atomic E-state index is -0.281. The molecule has 0 N–H and O–H groups in total. The van der Waals surface area contributed by atoms with Crippen LogP contribution in [0.25, 0.3) is 16.6 Å². The number of halogens is 1. The largest absolute Gasteiger partial charge is 0.334 e. The average Bonchev–Trinajstić information content (AvgIpc) is 3.20. The molecular weight excluding hydrogens is 393 g/mol. The number of carbonyl (C=O) groups is 1. The fraction of sp³-hybridized carbons (Fsp3) is 0.333. The van der Waals surface area contributed by atoms with Crippen molar-refractivity contribution in [3.63, 3.8) is 0 Å². The van der Waals surface area contributed by atoms with Crippen LogP contribution in [0.3, 0.4) is 0 Å². The van der Waals surface area contributed by atoms with Gasteiger partial charge in [-0.15, -0.1) is 5.10 Å². The van der Waals surface area contributed by atoms with Crippen LogP contribution in [0.2, 0.25) is 0 Å². The van der Waals surface area contributed by atoms with E-state index in [1.807, 2.05) is 4.90 Å². The number of hydrogen-bond donors (Lipinski definition) is 0. The van der Waals surface area contributed by atoms with Crippen molar-refractivity contribution in [2.24, 2.45) is 5.92 Å². The second kappa shape index (κ2) is 7.72. The van der Waals surface area contributed by atoms with Crippen molar-refractivity contribution in [3.05, 3.63) is 70.5 Å². The van der Waals surface area contributed by atoms with Gasteiger partial charge in [-0.05, 0) is 72.0 Å². The van der Waals surface area contributed by atoms with Gasteiger partial charge >= 0.3 is 0 Å². The van der Waals surface area contributed by atoms with E-state index in [9.17, 15) is 9.18 Å². The summed E-state index contributed by atoms with van der Waals surface area (Å²) in [5, 5.41) is 13.4. The molecule has 0 bridgehead atoms.